The molecule has 3 heteroatoms. The summed E-state index contributed by atoms with van der Waals surface area (Å²) in [5.74, 6) is -0.477. The van der Waals surface area contributed by atoms with Crippen molar-refractivity contribution in [2.75, 3.05) is 19.8 Å². The predicted molar refractivity (Wildman–Crippen MR) is 55.2 cm³/mol. The fourth-order valence-corrected chi connectivity index (χ4v) is 1.36. The largest absolute Gasteiger partial charge is 0.379 e. The second-order valence-corrected chi connectivity index (χ2v) is 4.91. The van der Waals surface area contributed by atoms with Crippen molar-refractivity contribution in [3.05, 3.63) is 0 Å². The average molecular weight is 202 g/mol. The Labute approximate surface area is 86.7 Å². The minimum absolute atomic E-state index is 0.00599. The molecule has 0 aromatic rings. The SMILES string of the molecule is CCOCC1COC(C)(C(C)(C)C)O1. The van der Waals surface area contributed by atoms with Gasteiger partial charge in [-0.05, 0) is 13.8 Å². The molecule has 0 bridgehead atoms. The van der Waals surface area contributed by atoms with E-state index in [0.29, 0.717) is 13.2 Å². The molecule has 0 N–H and O–H groups in total. The Morgan fingerprint density at radius 2 is 2.07 bits per heavy atom. The first-order valence-electron chi connectivity index (χ1n) is 5.28. The molecule has 3 nitrogen and oxygen atoms in total. The van der Waals surface area contributed by atoms with E-state index < -0.39 is 5.79 Å². The first kappa shape index (κ1) is 12.0. The van der Waals surface area contributed by atoms with Crippen molar-refractivity contribution in [1.82, 2.24) is 0 Å². The van der Waals surface area contributed by atoms with Crippen LogP contribution < -0.4 is 0 Å². The van der Waals surface area contributed by atoms with Gasteiger partial charge in [0.2, 0.25) is 0 Å². The van der Waals surface area contributed by atoms with E-state index in [0.717, 1.165) is 6.61 Å². The monoisotopic (exact) mass is 202 g/mol. The molecule has 14 heavy (non-hydrogen) atoms. The van der Waals surface area contributed by atoms with Gasteiger partial charge in [0, 0.05) is 12.0 Å². The summed E-state index contributed by atoms with van der Waals surface area (Å²) in [5.41, 5.74) is -0.00599. The van der Waals surface area contributed by atoms with Crippen LogP contribution in [0.3, 0.4) is 0 Å². The molecular weight excluding hydrogens is 180 g/mol. The van der Waals surface area contributed by atoms with Crippen LogP contribution in [0, 0.1) is 5.41 Å². The van der Waals surface area contributed by atoms with Gasteiger partial charge in [-0.2, -0.15) is 0 Å². The zero-order chi connectivity index (χ0) is 10.8. The van der Waals surface area contributed by atoms with Crippen molar-refractivity contribution in [1.29, 1.82) is 0 Å². The van der Waals surface area contributed by atoms with Gasteiger partial charge in [-0.25, -0.2) is 0 Å². The maximum absolute atomic E-state index is 5.87. The molecule has 0 amide bonds. The van der Waals surface area contributed by atoms with E-state index in [2.05, 4.69) is 20.8 Å². The lowest BCUT2D eigenvalue weighted by Gasteiger charge is -2.36. The molecule has 84 valence electrons. The Morgan fingerprint density at radius 1 is 1.43 bits per heavy atom. The summed E-state index contributed by atoms with van der Waals surface area (Å²) in [5, 5.41) is 0. The smallest absolute Gasteiger partial charge is 0.170 e. The van der Waals surface area contributed by atoms with Crippen LogP contribution in [0.1, 0.15) is 34.6 Å². The van der Waals surface area contributed by atoms with Gasteiger partial charge in [-0.3, -0.25) is 0 Å². The van der Waals surface area contributed by atoms with Crippen LogP contribution in [0.15, 0.2) is 0 Å². The van der Waals surface area contributed by atoms with Crippen molar-refractivity contribution >= 4 is 0 Å². The highest BCUT2D eigenvalue weighted by molar-refractivity contribution is 4.85. The third-order valence-corrected chi connectivity index (χ3v) is 2.81. The Morgan fingerprint density at radius 3 is 2.50 bits per heavy atom. The molecule has 1 aliphatic rings. The lowest BCUT2D eigenvalue weighted by molar-refractivity contribution is -0.220. The number of rotatable bonds is 3. The molecule has 1 saturated heterocycles. The molecule has 0 saturated carbocycles. The van der Waals surface area contributed by atoms with Crippen LogP contribution >= 0.6 is 0 Å². The average Bonchev–Trinajstić information content (AvgIpc) is 2.44. The lowest BCUT2D eigenvalue weighted by Crippen LogP contribution is -2.41. The first-order chi connectivity index (χ1) is 6.39. The van der Waals surface area contributed by atoms with Gasteiger partial charge >= 0.3 is 0 Å². The summed E-state index contributed by atoms with van der Waals surface area (Å²) in [4.78, 5) is 0. The fraction of sp³-hybridized carbons (Fsp3) is 1.00. The molecule has 1 rings (SSSR count). The minimum atomic E-state index is -0.477. The zero-order valence-corrected chi connectivity index (χ0v) is 9.92. The molecule has 0 spiro atoms. The summed E-state index contributed by atoms with van der Waals surface area (Å²) in [6.45, 7) is 12.3. The Hall–Kier alpha value is -0.120. The van der Waals surface area contributed by atoms with E-state index in [1.807, 2.05) is 13.8 Å². The van der Waals surface area contributed by atoms with Gasteiger partial charge in [0.1, 0.15) is 6.10 Å². The van der Waals surface area contributed by atoms with E-state index in [4.69, 9.17) is 14.2 Å². The molecule has 2 unspecified atom stereocenters. The van der Waals surface area contributed by atoms with E-state index >= 15 is 0 Å². The number of hydrogen-bond donors (Lipinski definition) is 0. The van der Waals surface area contributed by atoms with Gasteiger partial charge in [0.15, 0.2) is 5.79 Å². The lowest BCUT2D eigenvalue weighted by atomic mass is 9.87. The Kier molecular flexibility index (Phi) is 3.56. The van der Waals surface area contributed by atoms with Gasteiger partial charge in [-0.1, -0.05) is 20.8 Å². The van der Waals surface area contributed by atoms with Crippen molar-refractivity contribution in [2.45, 2.75) is 46.5 Å². The van der Waals surface area contributed by atoms with Gasteiger partial charge in [-0.15, -0.1) is 0 Å². The number of ether oxygens (including phenoxy) is 3. The maximum Gasteiger partial charge on any atom is 0.170 e. The van der Waals surface area contributed by atoms with Crippen molar-refractivity contribution < 1.29 is 14.2 Å². The highest BCUT2D eigenvalue weighted by Gasteiger charge is 2.46. The standard InChI is InChI=1S/C11H22O3/c1-6-12-7-9-8-13-11(5,14-9)10(2,3)4/h9H,6-8H2,1-5H3. The van der Waals surface area contributed by atoms with E-state index in [-0.39, 0.29) is 11.5 Å². The molecule has 1 heterocycles. The van der Waals surface area contributed by atoms with E-state index in [1.54, 1.807) is 0 Å². The summed E-state index contributed by atoms with van der Waals surface area (Å²) in [6.07, 6.45) is 0.0826. The quantitative estimate of drug-likeness (QED) is 0.702. The molecule has 0 aromatic carbocycles. The fourth-order valence-electron chi connectivity index (χ4n) is 1.36. The normalized spacial score (nSPS) is 33.6. The molecular formula is C11H22O3. The Bertz CT molecular complexity index is 185. The van der Waals surface area contributed by atoms with Crippen LogP contribution in [0.25, 0.3) is 0 Å². The molecule has 2 atom stereocenters. The minimum Gasteiger partial charge on any atom is -0.379 e. The number of hydrogen-bond acceptors (Lipinski definition) is 3. The summed E-state index contributed by atoms with van der Waals surface area (Å²) < 4.78 is 16.9. The van der Waals surface area contributed by atoms with E-state index in [9.17, 15) is 0 Å². The summed E-state index contributed by atoms with van der Waals surface area (Å²) >= 11 is 0. The second-order valence-electron chi connectivity index (χ2n) is 4.91. The maximum atomic E-state index is 5.87. The van der Waals surface area contributed by atoms with Crippen LogP contribution in [-0.2, 0) is 14.2 Å². The molecule has 1 aliphatic heterocycles. The molecule has 1 fully saturated rings. The highest BCUT2D eigenvalue weighted by atomic mass is 16.8. The summed E-state index contributed by atoms with van der Waals surface area (Å²) in [7, 11) is 0. The summed E-state index contributed by atoms with van der Waals surface area (Å²) in [6, 6.07) is 0. The predicted octanol–water partition coefficient (Wildman–Crippen LogP) is 2.20. The van der Waals surface area contributed by atoms with Gasteiger partial charge in [0.25, 0.3) is 0 Å². The zero-order valence-electron chi connectivity index (χ0n) is 9.92. The molecule has 0 aromatic heterocycles. The van der Waals surface area contributed by atoms with Crippen molar-refractivity contribution in [2.24, 2.45) is 5.41 Å². The highest BCUT2D eigenvalue weighted by Crippen LogP contribution is 2.39. The van der Waals surface area contributed by atoms with Crippen molar-refractivity contribution in [3.63, 3.8) is 0 Å². The molecule has 0 radical (unpaired) electrons. The van der Waals surface area contributed by atoms with Crippen LogP contribution in [0.2, 0.25) is 0 Å². The van der Waals surface area contributed by atoms with Gasteiger partial charge in [0.05, 0.1) is 13.2 Å². The van der Waals surface area contributed by atoms with Crippen LogP contribution in [0.4, 0.5) is 0 Å². The Balaban J connectivity index is 2.47. The van der Waals surface area contributed by atoms with Gasteiger partial charge < -0.3 is 14.2 Å². The third kappa shape index (κ3) is 2.47. The first-order valence-corrected chi connectivity index (χ1v) is 5.28. The second kappa shape index (κ2) is 4.17. The van der Waals surface area contributed by atoms with Crippen LogP contribution in [0.5, 0.6) is 0 Å². The van der Waals surface area contributed by atoms with E-state index in [1.165, 1.54) is 0 Å². The van der Waals surface area contributed by atoms with Crippen molar-refractivity contribution in [3.8, 4) is 0 Å². The molecule has 0 aliphatic carbocycles. The topological polar surface area (TPSA) is 27.7 Å². The van der Waals surface area contributed by atoms with Crippen LogP contribution in [-0.4, -0.2) is 31.7 Å². The third-order valence-electron chi connectivity index (χ3n) is 2.81.